The molecule has 5 nitrogen and oxygen atoms in total. The molecule has 2 heterocycles. The number of thiocarbonyl (C=S) groups is 1. The molecule has 1 aromatic rings. The average Bonchev–Trinajstić information content (AvgIpc) is 2.79. The van der Waals surface area contributed by atoms with Crippen molar-refractivity contribution < 1.29 is 9.90 Å². The van der Waals surface area contributed by atoms with Crippen LogP contribution in [0.4, 0.5) is 5.69 Å². The fraction of sp³-hybridized carbons (Fsp3) is 0.364. The SMILES string of the molecule is O=C(O)C1CCCN1C(=S)Nc1cccnc1. The van der Waals surface area contributed by atoms with Crippen LogP contribution in [-0.2, 0) is 4.79 Å². The number of hydrogen-bond acceptors (Lipinski definition) is 3. The Kier molecular flexibility index (Phi) is 3.53. The van der Waals surface area contributed by atoms with Gasteiger partial charge in [0, 0.05) is 12.7 Å². The van der Waals surface area contributed by atoms with Crippen LogP contribution in [0.3, 0.4) is 0 Å². The van der Waals surface area contributed by atoms with Gasteiger partial charge in [0.15, 0.2) is 5.11 Å². The lowest BCUT2D eigenvalue weighted by molar-refractivity contribution is -0.140. The number of hydrogen-bond donors (Lipinski definition) is 2. The summed E-state index contributed by atoms with van der Waals surface area (Å²) in [6.45, 7) is 0.684. The molecule has 1 atom stereocenters. The zero-order valence-corrected chi connectivity index (χ0v) is 9.98. The van der Waals surface area contributed by atoms with Crippen LogP contribution in [0.2, 0.25) is 0 Å². The lowest BCUT2D eigenvalue weighted by atomic mass is 10.2. The van der Waals surface area contributed by atoms with Gasteiger partial charge in [0.2, 0.25) is 0 Å². The first-order valence-corrected chi connectivity index (χ1v) is 5.80. The number of nitrogens with zero attached hydrogens (tertiary/aromatic N) is 2. The number of aromatic nitrogens is 1. The molecule has 90 valence electrons. The van der Waals surface area contributed by atoms with E-state index in [1.807, 2.05) is 6.07 Å². The number of rotatable bonds is 2. The summed E-state index contributed by atoms with van der Waals surface area (Å²) in [5.74, 6) is -0.821. The van der Waals surface area contributed by atoms with E-state index in [0.717, 1.165) is 12.1 Å². The van der Waals surface area contributed by atoms with E-state index in [4.69, 9.17) is 17.3 Å². The Morgan fingerprint density at radius 1 is 1.65 bits per heavy atom. The van der Waals surface area contributed by atoms with Gasteiger partial charge < -0.3 is 15.3 Å². The Labute approximate surface area is 104 Å². The maximum absolute atomic E-state index is 11.0. The van der Waals surface area contributed by atoms with E-state index in [1.165, 1.54) is 0 Å². The summed E-state index contributed by atoms with van der Waals surface area (Å²) >= 11 is 5.22. The second-order valence-corrected chi connectivity index (χ2v) is 4.25. The van der Waals surface area contributed by atoms with E-state index in [-0.39, 0.29) is 0 Å². The molecule has 0 aromatic carbocycles. The van der Waals surface area contributed by atoms with Crippen molar-refractivity contribution in [2.75, 3.05) is 11.9 Å². The first kappa shape index (κ1) is 11.8. The number of carbonyl (C=O) groups is 1. The van der Waals surface area contributed by atoms with Crippen LogP contribution < -0.4 is 5.32 Å². The number of carboxylic acid groups (broad SMARTS) is 1. The van der Waals surface area contributed by atoms with E-state index in [9.17, 15) is 4.79 Å². The smallest absolute Gasteiger partial charge is 0.326 e. The first-order chi connectivity index (χ1) is 8.18. The van der Waals surface area contributed by atoms with Crippen LogP contribution in [-0.4, -0.2) is 38.7 Å². The summed E-state index contributed by atoms with van der Waals surface area (Å²) in [4.78, 5) is 16.7. The molecular weight excluding hydrogens is 238 g/mol. The molecule has 0 aliphatic carbocycles. The summed E-state index contributed by atoms with van der Waals surface area (Å²) in [5.41, 5.74) is 0.772. The predicted molar refractivity (Wildman–Crippen MR) is 67.8 cm³/mol. The number of aliphatic carboxylic acids is 1. The Morgan fingerprint density at radius 3 is 3.12 bits per heavy atom. The highest BCUT2D eigenvalue weighted by Gasteiger charge is 2.32. The normalized spacial score (nSPS) is 19.1. The van der Waals surface area contributed by atoms with Crippen molar-refractivity contribution in [2.45, 2.75) is 18.9 Å². The van der Waals surface area contributed by atoms with Crippen molar-refractivity contribution in [2.24, 2.45) is 0 Å². The van der Waals surface area contributed by atoms with Crippen molar-refractivity contribution in [3.63, 3.8) is 0 Å². The Bertz CT molecular complexity index is 424. The molecule has 1 aromatic heterocycles. The highest BCUT2D eigenvalue weighted by molar-refractivity contribution is 7.80. The molecule has 1 fully saturated rings. The van der Waals surface area contributed by atoms with E-state index < -0.39 is 12.0 Å². The van der Waals surface area contributed by atoms with Gasteiger partial charge in [-0.1, -0.05) is 0 Å². The second-order valence-electron chi connectivity index (χ2n) is 3.86. The fourth-order valence-corrected chi connectivity index (χ4v) is 2.23. The van der Waals surface area contributed by atoms with Crippen molar-refractivity contribution in [3.8, 4) is 0 Å². The molecule has 1 saturated heterocycles. The third-order valence-corrected chi connectivity index (χ3v) is 3.05. The second kappa shape index (κ2) is 5.09. The predicted octanol–water partition coefficient (Wildman–Crippen LogP) is 1.33. The molecule has 1 unspecified atom stereocenters. The van der Waals surface area contributed by atoms with Gasteiger partial charge in [-0.3, -0.25) is 4.98 Å². The maximum atomic E-state index is 11.0. The van der Waals surface area contributed by atoms with Gasteiger partial charge in [0.1, 0.15) is 6.04 Å². The zero-order chi connectivity index (χ0) is 12.3. The Morgan fingerprint density at radius 2 is 2.47 bits per heavy atom. The first-order valence-electron chi connectivity index (χ1n) is 5.39. The monoisotopic (exact) mass is 251 g/mol. The quantitative estimate of drug-likeness (QED) is 0.773. The van der Waals surface area contributed by atoms with Gasteiger partial charge in [0.05, 0.1) is 11.9 Å². The van der Waals surface area contributed by atoms with Gasteiger partial charge >= 0.3 is 5.97 Å². The van der Waals surface area contributed by atoms with Crippen molar-refractivity contribution in [3.05, 3.63) is 24.5 Å². The molecule has 0 amide bonds. The van der Waals surface area contributed by atoms with Crippen LogP contribution in [0.25, 0.3) is 0 Å². The number of pyridine rings is 1. The molecule has 0 bridgehead atoms. The van der Waals surface area contributed by atoms with Gasteiger partial charge in [-0.15, -0.1) is 0 Å². The Balaban J connectivity index is 2.03. The lowest BCUT2D eigenvalue weighted by Gasteiger charge is -2.24. The average molecular weight is 251 g/mol. The number of anilines is 1. The number of likely N-dealkylation sites (tertiary alicyclic amines) is 1. The molecule has 2 rings (SSSR count). The molecule has 0 radical (unpaired) electrons. The number of nitrogens with one attached hydrogen (secondary N) is 1. The summed E-state index contributed by atoms with van der Waals surface area (Å²) < 4.78 is 0. The van der Waals surface area contributed by atoms with Gasteiger partial charge in [-0.25, -0.2) is 4.79 Å². The van der Waals surface area contributed by atoms with E-state index in [1.54, 1.807) is 23.4 Å². The van der Waals surface area contributed by atoms with Crippen LogP contribution in [0.15, 0.2) is 24.5 Å². The maximum Gasteiger partial charge on any atom is 0.326 e. The summed E-state index contributed by atoms with van der Waals surface area (Å²) in [5, 5.41) is 12.5. The van der Waals surface area contributed by atoms with Crippen molar-refractivity contribution in [1.29, 1.82) is 0 Å². The minimum Gasteiger partial charge on any atom is -0.480 e. The molecule has 17 heavy (non-hydrogen) atoms. The highest BCUT2D eigenvalue weighted by atomic mass is 32.1. The Hall–Kier alpha value is -1.69. The minimum atomic E-state index is -0.821. The molecule has 2 N–H and O–H groups in total. The summed E-state index contributed by atoms with van der Waals surface area (Å²) in [6, 6.07) is 3.13. The van der Waals surface area contributed by atoms with Gasteiger partial charge in [-0.2, -0.15) is 0 Å². The fourth-order valence-electron chi connectivity index (χ4n) is 1.90. The van der Waals surface area contributed by atoms with Crippen LogP contribution in [0, 0.1) is 0 Å². The molecule has 0 saturated carbocycles. The van der Waals surface area contributed by atoms with E-state index in [0.29, 0.717) is 18.1 Å². The largest absolute Gasteiger partial charge is 0.480 e. The van der Waals surface area contributed by atoms with Crippen molar-refractivity contribution >= 4 is 29.0 Å². The molecule has 6 heteroatoms. The minimum absolute atomic E-state index is 0.447. The third kappa shape index (κ3) is 2.71. The van der Waals surface area contributed by atoms with Gasteiger partial charge in [-0.05, 0) is 37.2 Å². The van der Waals surface area contributed by atoms with E-state index >= 15 is 0 Å². The lowest BCUT2D eigenvalue weighted by Crippen LogP contribution is -2.42. The molecular formula is C11H13N3O2S. The molecule has 0 spiro atoms. The van der Waals surface area contributed by atoms with E-state index in [2.05, 4.69) is 10.3 Å². The zero-order valence-electron chi connectivity index (χ0n) is 9.17. The third-order valence-electron chi connectivity index (χ3n) is 2.71. The van der Waals surface area contributed by atoms with Crippen molar-refractivity contribution in [1.82, 2.24) is 9.88 Å². The summed E-state index contributed by atoms with van der Waals surface area (Å²) in [7, 11) is 0. The number of carboxylic acids is 1. The summed E-state index contributed by atoms with van der Waals surface area (Å²) in [6.07, 6.45) is 4.82. The van der Waals surface area contributed by atoms with Crippen LogP contribution in [0.5, 0.6) is 0 Å². The topological polar surface area (TPSA) is 65.5 Å². The highest BCUT2D eigenvalue weighted by Crippen LogP contribution is 2.19. The van der Waals surface area contributed by atoms with Gasteiger partial charge in [0.25, 0.3) is 0 Å². The van der Waals surface area contributed by atoms with Crippen LogP contribution in [0.1, 0.15) is 12.8 Å². The van der Waals surface area contributed by atoms with Crippen LogP contribution >= 0.6 is 12.2 Å². The molecule has 1 aliphatic heterocycles. The standard InChI is InChI=1S/C11H13N3O2S/c15-10(16)9-4-2-6-14(9)11(17)13-8-3-1-5-12-7-8/h1,3,5,7,9H,2,4,6H2,(H,13,17)(H,15,16). The molecule has 1 aliphatic rings.